The monoisotopic (exact) mass is 436 g/mol. The molecule has 0 spiro atoms. The highest BCUT2D eigenvalue weighted by Crippen LogP contribution is 2.12. The van der Waals surface area contributed by atoms with Gasteiger partial charge in [0, 0.05) is 44.3 Å². The lowest BCUT2D eigenvalue weighted by Crippen LogP contribution is -2.45. The van der Waals surface area contributed by atoms with Crippen molar-refractivity contribution in [2.24, 2.45) is 4.99 Å². The number of aryl methyl sites for hydroxylation is 2. The van der Waals surface area contributed by atoms with Crippen LogP contribution in [0.3, 0.4) is 0 Å². The predicted octanol–water partition coefficient (Wildman–Crippen LogP) is 3.30. The van der Waals surface area contributed by atoms with Crippen LogP contribution in [-0.2, 0) is 6.54 Å². The summed E-state index contributed by atoms with van der Waals surface area (Å²) in [6, 6.07) is 3.16. The van der Waals surface area contributed by atoms with Gasteiger partial charge in [0.25, 0.3) is 0 Å². The molecule has 0 saturated carbocycles. The van der Waals surface area contributed by atoms with Gasteiger partial charge in [0.05, 0.1) is 0 Å². The molecule has 0 radical (unpaired) electrons. The fraction of sp³-hybridized carbons (Fsp3) is 0.706. The topological polar surface area (TPSA) is 52.8 Å². The Morgan fingerprint density at radius 2 is 1.78 bits per heavy atom. The van der Waals surface area contributed by atoms with Crippen molar-refractivity contribution in [2.75, 3.05) is 20.1 Å². The molecule has 0 fully saturated rings. The molecular weight excluding hydrogens is 403 g/mol. The quantitative estimate of drug-likeness (QED) is 0.391. The van der Waals surface area contributed by atoms with Crippen LogP contribution in [0, 0.1) is 13.8 Å². The minimum absolute atomic E-state index is 0. The van der Waals surface area contributed by atoms with E-state index in [0.29, 0.717) is 12.1 Å². The Morgan fingerprint density at radius 1 is 1.17 bits per heavy atom. The van der Waals surface area contributed by atoms with E-state index in [2.05, 4.69) is 54.3 Å². The van der Waals surface area contributed by atoms with Gasteiger partial charge >= 0.3 is 0 Å². The van der Waals surface area contributed by atoms with Gasteiger partial charge in [-0.2, -0.15) is 0 Å². The molecule has 0 aliphatic rings. The third-order valence-electron chi connectivity index (χ3n) is 3.80. The molecule has 0 saturated heterocycles. The van der Waals surface area contributed by atoms with Crippen LogP contribution in [0.1, 0.15) is 44.8 Å². The smallest absolute Gasteiger partial charge is 0.191 e. The third kappa shape index (κ3) is 7.56. The Bertz CT molecular complexity index is 475. The molecule has 2 N–H and O–H groups in total. The van der Waals surface area contributed by atoms with E-state index in [9.17, 15) is 0 Å². The molecule has 134 valence electrons. The summed E-state index contributed by atoms with van der Waals surface area (Å²) in [5.74, 6) is 2.73. The lowest BCUT2D eigenvalue weighted by molar-refractivity contribution is 0.178. The van der Waals surface area contributed by atoms with Crippen molar-refractivity contribution >= 4 is 29.9 Å². The average Bonchev–Trinajstić information content (AvgIpc) is 2.75. The summed E-state index contributed by atoms with van der Waals surface area (Å²) >= 11 is 0. The molecule has 6 heteroatoms. The van der Waals surface area contributed by atoms with Crippen molar-refractivity contribution in [2.45, 2.75) is 60.2 Å². The van der Waals surface area contributed by atoms with E-state index in [-0.39, 0.29) is 24.0 Å². The largest absolute Gasteiger partial charge is 0.466 e. The SMILES string of the molecule is CN=C(NCCN(C(C)C)C(C)C)NCc1cc(C)oc1C.I. The lowest BCUT2D eigenvalue weighted by atomic mass is 10.2. The van der Waals surface area contributed by atoms with Gasteiger partial charge in [0.15, 0.2) is 5.96 Å². The number of nitrogens with one attached hydrogen (secondary N) is 2. The van der Waals surface area contributed by atoms with Crippen molar-refractivity contribution in [3.63, 3.8) is 0 Å². The lowest BCUT2D eigenvalue weighted by Gasteiger charge is -2.30. The van der Waals surface area contributed by atoms with Crippen LogP contribution in [-0.4, -0.2) is 43.1 Å². The van der Waals surface area contributed by atoms with Crippen LogP contribution in [0.15, 0.2) is 15.5 Å². The zero-order chi connectivity index (χ0) is 16.7. The number of furan rings is 1. The fourth-order valence-corrected chi connectivity index (χ4v) is 2.67. The zero-order valence-electron chi connectivity index (χ0n) is 15.6. The molecule has 0 bridgehead atoms. The van der Waals surface area contributed by atoms with Crippen molar-refractivity contribution in [3.05, 3.63) is 23.2 Å². The van der Waals surface area contributed by atoms with E-state index in [0.717, 1.165) is 37.1 Å². The molecule has 5 nitrogen and oxygen atoms in total. The van der Waals surface area contributed by atoms with Gasteiger partial charge in [0.2, 0.25) is 0 Å². The first-order valence-electron chi connectivity index (χ1n) is 8.11. The fourth-order valence-electron chi connectivity index (χ4n) is 2.67. The second kappa shape index (κ2) is 10.9. The highest BCUT2D eigenvalue weighted by atomic mass is 127. The van der Waals surface area contributed by atoms with Crippen LogP contribution < -0.4 is 10.6 Å². The number of aliphatic imine (C=N–C) groups is 1. The Morgan fingerprint density at radius 3 is 2.22 bits per heavy atom. The first kappa shape index (κ1) is 22.2. The Hall–Kier alpha value is -0.760. The van der Waals surface area contributed by atoms with Crippen LogP contribution in [0.5, 0.6) is 0 Å². The number of hydrogen-bond acceptors (Lipinski definition) is 3. The van der Waals surface area contributed by atoms with Crippen molar-refractivity contribution in [1.82, 2.24) is 15.5 Å². The Kier molecular flexibility index (Phi) is 10.6. The normalized spacial score (nSPS) is 12.0. The average molecular weight is 436 g/mol. The summed E-state index contributed by atoms with van der Waals surface area (Å²) in [6.07, 6.45) is 0. The summed E-state index contributed by atoms with van der Waals surface area (Å²) in [7, 11) is 1.80. The van der Waals surface area contributed by atoms with E-state index in [1.807, 2.05) is 13.8 Å². The number of guanidine groups is 1. The third-order valence-corrected chi connectivity index (χ3v) is 3.80. The van der Waals surface area contributed by atoms with Gasteiger partial charge < -0.3 is 15.1 Å². The van der Waals surface area contributed by atoms with E-state index >= 15 is 0 Å². The van der Waals surface area contributed by atoms with Crippen molar-refractivity contribution in [3.8, 4) is 0 Å². The molecule has 0 aliphatic heterocycles. The molecule has 0 unspecified atom stereocenters. The van der Waals surface area contributed by atoms with Gasteiger partial charge in [-0.05, 0) is 47.6 Å². The number of nitrogens with zero attached hydrogens (tertiary/aromatic N) is 2. The zero-order valence-corrected chi connectivity index (χ0v) is 17.9. The van der Waals surface area contributed by atoms with E-state index in [1.165, 1.54) is 5.56 Å². The predicted molar refractivity (Wildman–Crippen MR) is 109 cm³/mol. The maximum atomic E-state index is 5.54. The highest BCUT2D eigenvalue weighted by molar-refractivity contribution is 14.0. The molecular formula is C17H33IN4O. The van der Waals surface area contributed by atoms with Crippen molar-refractivity contribution < 1.29 is 4.42 Å². The summed E-state index contributed by atoms with van der Waals surface area (Å²) in [5, 5.41) is 6.71. The molecule has 23 heavy (non-hydrogen) atoms. The van der Waals surface area contributed by atoms with Gasteiger partial charge in [-0.3, -0.25) is 9.89 Å². The minimum Gasteiger partial charge on any atom is -0.466 e. The summed E-state index contributed by atoms with van der Waals surface area (Å²) in [5.41, 5.74) is 1.17. The molecule has 0 amide bonds. The molecule has 1 aromatic heterocycles. The summed E-state index contributed by atoms with van der Waals surface area (Å²) in [4.78, 5) is 6.73. The molecule has 1 aromatic rings. The standard InChI is InChI=1S/C17H32N4O.HI/c1-12(2)21(13(3)4)9-8-19-17(18-7)20-11-16-10-14(5)22-15(16)6;/h10,12-13H,8-9,11H2,1-7H3,(H2,18,19,20);1H. The van der Waals surface area contributed by atoms with Crippen LogP contribution in [0.25, 0.3) is 0 Å². The van der Waals surface area contributed by atoms with Crippen LogP contribution in [0.2, 0.25) is 0 Å². The minimum atomic E-state index is 0. The van der Waals surface area contributed by atoms with Gasteiger partial charge in [-0.25, -0.2) is 0 Å². The second-order valence-electron chi connectivity index (χ2n) is 6.22. The summed E-state index contributed by atoms with van der Waals surface area (Å²) in [6.45, 7) is 15.5. The summed E-state index contributed by atoms with van der Waals surface area (Å²) < 4.78 is 5.54. The number of rotatable bonds is 7. The van der Waals surface area contributed by atoms with Gasteiger partial charge in [-0.1, -0.05) is 0 Å². The highest BCUT2D eigenvalue weighted by Gasteiger charge is 2.12. The Balaban J connectivity index is 0.00000484. The van der Waals surface area contributed by atoms with E-state index in [1.54, 1.807) is 7.05 Å². The molecule has 1 heterocycles. The molecule has 0 atom stereocenters. The number of halogens is 1. The van der Waals surface area contributed by atoms with Gasteiger partial charge in [0.1, 0.15) is 11.5 Å². The van der Waals surface area contributed by atoms with Gasteiger partial charge in [-0.15, -0.1) is 24.0 Å². The molecule has 0 aromatic carbocycles. The Labute approximate surface area is 158 Å². The number of hydrogen-bond donors (Lipinski definition) is 2. The van der Waals surface area contributed by atoms with Crippen molar-refractivity contribution in [1.29, 1.82) is 0 Å². The second-order valence-corrected chi connectivity index (χ2v) is 6.22. The first-order valence-corrected chi connectivity index (χ1v) is 8.11. The van der Waals surface area contributed by atoms with E-state index in [4.69, 9.17) is 4.42 Å². The first-order chi connectivity index (χ1) is 10.3. The maximum Gasteiger partial charge on any atom is 0.191 e. The molecule has 0 aliphatic carbocycles. The van der Waals surface area contributed by atoms with Crippen LogP contribution >= 0.6 is 24.0 Å². The van der Waals surface area contributed by atoms with E-state index < -0.39 is 0 Å². The maximum absolute atomic E-state index is 5.54. The molecule has 1 rings (SSSR count). The van der Waals surface area contributed by atoms with Crippen LogP contribution in [0.4, 0.5) is 0 Å².